The predicted octanol–water partition coefficient (Wildman–Crippen LogP) is -7.32. The van der Waals surface area contributed by atoms with Gasteiger partial charge < -0.3 is 69.0 Å². The second-order valence-corrected chi connectivity index (χ2v) is 17.1. The van der Waals surface area contributed by atoms with Gasteiger partial charge in [-0.15, -0.1) is 0 Å². The molecule has 2 aromatic heterocycles. The molecule has 0 aliphatic carbocycles. The summed E-state index contributed by atoms with van der Waals surface area (Å²) in [5, 5.41) is 30.6. The van der Waals surface area contributed by atoms with Crippen molar-refractivity contribution >= 4 is 69.1 Å². The van der Waals surface area contributed by atoms with Crippen LogP contribution < -0.4 is 75.7 Å². The van der Waals surface area contributed by atoms with Crippen molar-refractivity contribution in [3.63, 3.8) is 0 Å². The third-order valence-corrected chi connectivity index (χ3v) is 11.1. The Balaban J connectivity index is 0.0000101. The van der Waals surface area contributed by atoms with Gasteiger partial charge in [-0.05, 0) is 24.0 Å². The average molecular weight is 855 g/mol. The van der Waals surface area contributed by atoms with Gasteiger partial charge in [0.2, 0.25) is 11.8 Å². The van der Waals surface area contributed by atoms with Crippen molar-refractivity contribution in [2.24, 2.45) is 5.41 Å². The number of carbonyl (C=O) groups excluding carboxylic acids is 3. The molecule has 7 atom stereocenters. The minimum Gasteiger partial charge on any atom is -0.847 e. The van der Waals surface area contributed by atoms with Gasteiger partial charge in [-0.25, -0.2) is 19.3 Å². The van der Waals surface area contributed by atoms with Gasteiger partial charge in [-0.3, -0.25) is 28.1 Å². The number of phosphoric acid groups is 3. The number of nitrogens with two attached hydrogens (primary N) is 1. The van der Waals surface area contributed by atoms with Crippen LogP contribution in [-0.4, -0.2) is 92.9 Å². The molecule has 3 rings (SSSR count). The number of thioether (sulfide) groups is 1. The summed E-state index contributed by atoms with van der Waals surface area (Å²) < 4.78 is 59.9. The maximum atomic E-state index is 13.1. The zero-order chi connectivity index (χ0) is 39.8. The van der Waals surface area contributed by atoms with Crippen LogP contribution in [0.2, 0.25) is 0 Å². The Kier molecular flexibility index (Phi) is 18.8. The Morgan fingerprint density at radius 1 is 1.06 bits per heavy atom. The van der Waals surface area contributed by atoms with Crippen molar-refractivity contribution in [3.05, 3.63) is 12.7 Å². The van der Waals surface area contributed by atoms with E-state index in [1.54, 1.807) is 0 Å². The number of nitrogens with zero attached hydrogens (tertiary/aromatic N) is 4. The Morgan fingerprint density at radius 3 is 2.37 bits per heavy atom. The summed E-state index contributed by atoms with van der Waals surface area (Å²) in [5.41, 5.74) is 3.86. The molecule has 4 N–H and O–H groups in total. The summed E-state index contributed by atoms with van der Waals surface area (Å²) in [6, 6.07) is 0. The maximum absolute atomic E-state index is 13.1. The molecule has 24 nitrogen and oxygen atoms in total. The fourth-order valence-electron chi connectivity index (χ4n) is 4.52. The van der Waals surface area contributed by atoms with E-state index in [1.165, 1.54) is 0 Å². The van der Waals surface area contributed by atoms with Gasteiger partial charge in [0, 0.05) is 31.7 Å². The Hall–Kier alpha value is -1.44. The third kappa shape index (κ3) is 14.8. The molecule has 1 aliphatic rings. The van der Waals surface area contributed by atoms with E-state index in [-0.39, 0.29) is 71.2 Å². The molecule has 3 heterocycles. The number of hydrogen-bond donors (Lipinski definition) is 3. The van der Waals surface area contributed by atoms with Gasteiger partial charge in [0.1, 0.15) is 24.2 Å². The molecule has 2 amide bonds. The fourth-order valence-corrected chi connectivity index (χ4v) is 8.03. The van der Waals surface area contributed by atoms with Crippen LogP contribution in [0.5, 0.6) is 0 Å². The van der Waals surface area contributed by atoms with E-state index < -0.39 is 84.6 Å². The first-order valence-corrected chi connectivity index (χ1v) is 20.9. The van der Waals surface area contributed by atoms with Crippen molar-refractivity contribution in [3.8, 4) is 0 Å². The summed E-state index contributed by atoms with van der Waals surface area (Å²) in [4.78, 5) is 94.9. The van der Waals surface area contributed by atoms with Crippen LogP contribution in [0.15, 0.2) is 12.7 Å². The number of anilines is 1. The number of hydrogen-bond acceptors (Lipinski definition) is 22. The smallest absolute Gasteiger partial charge is 0.847 e. The van der Waals surface area contributed by atoms with Crippen molar-refractivity contribution in [1.29, 1.82) is 0 Å². The zero-order valence-electron chi connectivity index (χ0n) is 29.3. The maximum Gasteiger partial charge on any atom is 1.00 e. The molecule has 0 aromatic carbocycles. The summed E-state index contributed by atoms with van der Waals surface area (Å²) in [5.74, 6) is -1.34. The molecular formula is C25H36N7NaO17P3S-5. The molecule has 0 spiro atoms. The van der Waals surface area contributed by atoms with E-state index in [9.17, 15) is 57.9 Å². The molecule has 300 valence electrons. The number of phosphoric ester groups is 3. The van der Waals surface area contributed by atoms with Crippen LogP contribution in [0, 0.1) is 5.41 Å². The van der Waals surface area contributed by atoms with Crippen LogP contribution >= 0.6 is 35.2 Å². The number of amides is 2. The molecule has 0 radical (unpaired) electrons. The van der Waals surface area contributed by atoms with Crippen LogP contribution in [0.3, 0.4) is 0 Å². The van der Waals surface area contributed by atoms with E-state index in [2.05, 4.69) is 43.5 Å². The molecule has 54 heavy (non-hydrogen) atoms. The average Bonchev–Trinajstić information content (AvgIpc) is 3.61. The number of carbonyl (C=O) groups is 3. The van der Waals surface area contributed by atoms with Crippen molar-refractivity contribution in [1.82, 2.24) is 30.2 Å². The number of nitrogen functional groups attached to an aromatic ring is 1. The number of rotatable bonds is 21. The molecule has 1 saturated heterocycles. The Morgan fingerprint density at radius 2 is 1.72 bits per heavy atom. The van der Waals surface area contributed by atoms with E-state index in [0.717, 1.165) is 42.8 Å². The first-order chi connectivity index (χ1) is 24.6. The van der Waals surface area contributed by atoms with E-state index in [4.69, 9.17) is 10.5 Å². The first kappa shape index (κ1) is 48.7. The standard InChI is InChI=1S/C25H40N7O17P3S.Na/c1-4-5-16(34)53-9-8-27-15(33)6-7-28-23(37)20(36)25(2,3)11-46-52(43,44)49-51(41,42)45-10-14-19(48-50(38,39)40)18(35)24(47-14)32-13-31-17-21(26)29-12-30-22(17)32;/h12-14,18-20,24H,4-11H2,1-3H3,(H,27,33)(H,28,37)(H,41,42)(H,43,44)(H2,26,29,30)(H2,38,39,40);/q-2;+1/p-4/t14-,18?,19+,20+,24-;/m1./s1. The van der Waals surface area contributed by atoms with Gasteiger partial charge in [-0.1, -0.05) is 32.5 Å². The fraction of sp³-hybridized carbons (Fsp3) is 0.680. The second-order valence-electron chi connectivity index (χ2n) is 11.9. The van der Waals surface area contributed by atoms with Crippen LogP contribution in [0.4, 0.5) is 5.82 Å². The summed E-state index contributed by atoms with van der Waals surface area (Å²) >= 11 is 1.07. The number of ether oxygens (including phenoxy) is 1. The van der Waals surface area contributed by atoms with Crippen molar-refractivity contribution < 1.29 is 110 Å². The van der Waals surface area contributed by atoms with E-state index in [0.29, 0.717) is 18.6 Å². The summed E-state index contributed by atoms with van der Waals surface area (Å²) in [6.07, 6.45) is -7.35. The van der Waals surface area contributed by atoms with E-state index in [1.807, 2.05) is 6.92 Å². The van der Waals surface area contributed by atoms with Gasteiger partial charge in [0.25, 0.3) is 15.6 Å². The van der Waals surface area contributed by atoms with Crippen molar-refractivity contribution in [2.75, 3.05) is 37.8 Å². The molecule has 29 heteroatoms. The topological polar surface area (TPSA) is 381 Å². The molecule has 1 fully saturated rings. The molecule has 3 unspecified atom stereocenters. The molecule has 0 saturated carbocycles. The Labute approximate surface area is 334 Å². The molecule has 2 aromatic rings. The monoisotopic (exact) mass is 854 g/mol. The van der Waals surface area contributed by atoms with Crippen LogP contribution in [0.25, 0.3) is 11.2 Å². The predicted molar refractivity (Wildman–Crippen MR) is 169 cm³/mol. The summed E-state index contributed by atoms with van der Waals surface area (Å²) in [6.45, 7) is 1.68. The van der Waals surface area contributed by atoms with Crippen LogP contribution in [-0.2, 0) is 50.7 Å². The SMILES string of the molecule is CCCC(=O)SCCNC(=O)CCNC(=O)[C@H]([O-])C(C)(C)COP(=O)([O-])OP(=O)([O-])OC[C@H]1O[C@@H](n2cnc3c(N)ncnc32)C([O-])[C@H]1OP(=O)([O-])[O-].[Na+]. The van der Waals surface area contributed by atoms with E-state index >= 15 is 0 Å². The van der Waals surface area contributed by atoms with Gasteiger partial charge >= 0.3 is 29.6 Å². The number of aromatic nitrogens is 4. The largest absolute Gasteiger partial charge is 1.00 e. The first-order valence-electron chi connectivity index (χ1n) is 15.5. The zero-order valence-corrected chi connectivity index (χ0v) is 34.8. The van der Waals surface area contributed by atoms with Crippen molar-refractivity contribution in [2.45, 2.75) is 70.7 Å². The Bertz CT molecular complexity index is 1750. The number of imidazole rings is 1. The number of fused-ring (bicyclic) bond motifs is 1. The minimum atomic E-state index is -5.94. The normalized spacial score (nSPS) is 21.8. The quantitative estimate of drug-likeness (QED) is 0.0596. The molecule has 1 aliphatic heterocycles. The third-order valence-electron chi connectivity index (χ3n) is 7.13. The van der Waals surface area contributed by atoms with Gasteiger partial charge in [0.15, 0.2) is 16.6 Å². The number of nitrogens with one attached hydrogen (secondary N) is 2. The summed E-state index contributed by atoms with van der Waals surface area (Å²) in [7, 11) is -17.7. The minimum absolute atomic E-state index is 0. The molecule has 0 bridgehead atoms. The second kappa shape index (κ2) is 20.8. The van der Waals surface area contributed by atoms with Gasteiger partial charge in [0.05, 0.1) is 33.5 Å². The molecular weight excluding hydrogens is 818 g/mol. The van der Waals surface area contributed by atoms with Crippen LogP contribution in [0.1, 0.15) is 46.3 Å². The van der Waals surface area contributed by atoms with Gasteiger partial charge in [-0.2, -0.15) is 0 Å².